The number of nitrogens with zero attached hydrogens (tertiary/aromatic N) is 3. The second kappa shape index (κ2) is 7.38. The molecule has 0 radical (unpaired) electrons. The van der Waals surface area contributed by atoms with E-state index in [0.717, 1.165) is 36.9 Å². The zero-order valence-corrected chi connectivity index (χ0v) is 14.0. The summed E-state index contributed by atoms with van der Waals surface area (Å²) in [6, 6.07) is 4.06. The van der Waals surface area contributed by atoms with Gasteiger partial charge in [-0.3, -0.25) is 9.78 Å². The Morgan fingerprint density at radius 3 is 2.46 bits per heavy atom. The maximum Gasteiger partial charge on any atom is 0.271 e. The SMILES string of the molecule is Cc1ccc(OC2CCC(NC(=O)c3cnc(C)cn3)CC2)nc1. The molecule has 1 saturated carbocycles. The Kier molecular flexibility index (Phi) is 5.03. The molecule has 0 spiro atoms. The number of rotatable bonds is 4. The fraction of sp³-hybridized carbons (Fsp3) is 0.444. The van der Waals surface area contributed by atoms with Gasteiger partial charge in [0.05, 0.1) is 11.9 Å². The number of nitrogens with one attached hydrogen (secondary N) is 1. The van der Waals surface area contributed by atoms with Gasteiger partial charge in [-0.15, -0.1) is 0 Å². The predicted molar refractivity (Wildman–Crippen MR) is 89.9 cm³/mol. The van der Waals surface area contributed by atoms with Gasteiger partial charge in [-0.25, -0.2) is 9.97 Å². The Bertz CT molecular complexity index is 677. The van der Waals surface area contributed by atoms with Gasteiger partial charge in [0.15, 0.2) is 0 Å². The topological polar surface area (TPSA) is 77.0 Å². The van der Waals surface area contributed by atoms with Crippen LogP contribution in [0, 0.1) is 13.8 Å². The minimum Gasteiger partial charge on any atom is -0.474 e. The Labute approximate surface area is 141 Å². The molecule has 0 saturated heterocycles. The lowest BCUT2D eigenvalue weighted by atomic mass is 9.93. The van der Waals surface area contributed by atoms with Crippen molar-refractivity contribution in [2.24, 2.45) is 0 Å². The first-order valence-electron chi connectivity index (χ1n) is 8.29. The number of ether oxygens (including phenoxy) is 1. The molecule has 0 aromatic carbocycles. The summed E-state index contributed by atoms with van der Waals surface area (Å²) in [6.45, 7) is 3.85. The second-order valence-corrected chi connectivity index (χ2v) is 6.28. The number of carbonyl (C=O) groups excluding carboxylic acids is 1. The standard InChI is InChI=1S/C18H22N4O2/c1-12-3-8-17(21-9-12)24-15-6-4-14(5-7-15)22-18(23)16-11-19-13(2)10-20-16/h3,8-11,14-15H,4-7H2,1-2H3,(H,22,23). The van der Waals surface area contributed by atoms with E-state index in [-0.39, 0.29) is 18.1 Å². The first-order chi connectivity index (χ1) is 11.6. The Morgan fingerprint density at radius 2 is 1.83 bits per heavy atom. The molecular formula is C18H22N4O2. The minimum atomic E-state index is -0.160. The third-order valence-electron chi connectivity index (χ3n) is 4.19. The molecule has 3 rings (SSSR count). The molecule has 0 atom stereocenters. The van der Waals surface area contributed by atoms with Gasteiger partial charge in [-0.05, 0) is 45.1 Å². The van der Waals surface area contributed by atoms with Crippen LogP contribution in [0.3, 0.4) is 0 Å². The zero-order valence-electron chi connectivity index (χ0n) is 14.0. The third kappa shape index (κ3) is 4.28. The van der Waals surface area contributed by atoms with Crippen molar-refractivity contribution in [3.63, 3.8) is 0 Å². The predicted octanol–water partition coefficient (Wildman–Crippen LogP) is 2.61. The molecule has 6 heteroatoms. The maximum atomic E-state index is 12.2. The molecule has 2 aromatic rings. The van der Waals surface area contributed by atoms with Crippen LogP contribution in [0.15, 0.2) is 30.7 Å². The van der Waals surface area contributed by atoms with Gasteiger partial charge in [0.25, 0.3) is 5.91 Å². The van der Waals surface area contributed by atoms with E-state index in [4.69, 9.17) is 4.74 Å². The lowest BCUT2D eigenvalue weighted by Gasteiger charge is -2.29. The quantitative estimate of drug-likeness (QED) is 0.934. The van der Waals surface area contributed by atoms with E-state index in [1.165, 1.54) is 6.20 Å². The van der Waals surface area contributed by atoms with Crippen LogP contribution in [0.5, 0.6) is 5.88 Å². The minimum absolute atomic E-state index is 0.159. The average molecular weight is 326 g/mol. The Hall–Kier alpha value is -2.50. The van der Waals surface area contributed by atoms with Crippen LogP contribution in [0.4, 0.5) is 0 Å². The van der Waals surface area contributed by atoms with Gasteiger partial charge in [0.2, 0.25) is 5.88 Å². The fourth-order valence-electron chi connectivity index (χ4n) is 2.79. The number of pyridine rings is 1. The highest BCUT2D eigenvalue weighted by Crippen LogP contribution is 2.23. The van der Waals surface area contributed by atoms with E-state index in [9.17, 15) is 4.79 Å². The molecule has 0 aliphatic heterocycles. The first-order valence-corrected chi connectivity index (χ1v) is 8.29. The van der Waals surface area contributed by atoms with E-state index < -0.39 is 0 Å². The van der Waals surface area contributed by atoms with Crippen molar-refractivity contribution in [3.8, 4) is 5.88 Å². The molecule has 24 heavy (non-hydrogen) atoms. The average Bonchev–Trinajstić information content (AvgIpc) is 2.59. The number of aryl methyl sites for hydroxylation is 2. The van der Waals surface area contributed by atoms with E-state index in [2.05, 4.69) is 20.3 Å². The van der Waals surface area contributed by atoms with E-state index in [1.54, 1.807) is 6.20 Å². The maximum absolute atomic E-state index is 12.2. The summed E-state index contributed by atoms with van der Waals surface area (Å²) in [5.74, 6) is 0.509. The normalized spacial score (nSPS) is 20.4. The molecule has 2 heterocycles. The highest BCUT2D eigenvalue weighted by atomic mass is 16.5. The second-order valence-electron chi connectivity index (χ2n) is 6.28. The van der Waals surface area contributed by atoms with Crippen LogP contribution in [0.25, 0.3) is 0 Å². The Balaban J connectivity index is 1.47. The summed E-state index contributed by atoms with van der Waals surface area (Å²) in [7, 11) is 0. The van der Waals surface area contributed by atoms with Crippen LogP contribution in [0.2, 0.25) is 0 Å². The zero-order chi connectivity index (χ0) is 16.9. The summed E-state index contributed by atoms with van der Waals surface area (Å²) in [4.78, 5) is 24.7. The van der Waals surface area contributed by atoms with Crippen LogP contribution in [0.1, 0.15) is 47.4 Å². The van der Waals surface area contributed by atoms with Crippen molar-refractivity contribution < 1.29 is 9.53 Å². The molecule has 1 N–H and O–H groups in total. The molecule has 2 aromatic heterocycles. The fourth-order valence-corrected chi connectivity index (χ4v) is 2.79. The Morgan fingerprint density at radius 1 is 1.04 bits per heavy atom. The number of hydrogen-bond acceptors (Lipinski definition) is 5. The monoisotopic (exact) mass is 326 g/mol. The summed E-state index contributed by atoms with van der Waals surface area (Å²) < 4.78 is 5.92. The van der Waals surface area contributed by atoms with Gasteiger partial charge in [0, 0.05) is 24.5 Å². The lowest BCUT2D eigenvalue weighted by molar-refractivity contribution is 0.0885. The smallest absolute Gasteiger partial charge is 0.271 e. The molecule has 1 aliphatic rings. The van der Waals surface area contributed by atoms with Crippen molar-refractivity contribution in [2.45, 2.75) is 51.7 Å². The molecule has 1 fully saturated rings. The number of amides is 1. The summed E-state index contributed by atoms with van der Waals surface area (Å²) in [5, 5.41) is 3.03. The van der Waals surface area contributed by atoms with Gasteiger partial charge in [0.1, 0.15) is 11.8 Å². The molecule has 0 unspecified atom stereocenters. The van der Waals surface area contributed by atoms with Crippen molar-refractivity contribution >= 4 is 5.91 Å². The van der Waals surface area contributed by atoms with Crippen molar-refractivity contribution in [1.29, 1.82) is 0 Å². The lowest BCUT2D eigenvalue weighted by Crippen LogP contribution is -2.40. The first kappa shape index (κ1) is 16.4. The number of hydrogen-bond donors (Lipinski definition) is 1. The molecule has 126 valence electrons. The summed E-state index contributed by atoms with van der Waals surface area (Å²) in [6.07, 6.45) is 8.68. The van der Waals surface area contributed by atoms with Gasteiger partial charge in [-0.2, -0.15) is 0 Å². The summed E-state index contributed by atoms with van der Waals surface area (Å²) in [5.41, 5.74) is 2.28. The van der Waals surface area contributed by atoms with Gasteiger partial charge >= 0.3 is 0 Å². The number of aromatic nitrogens is 3. The van der Waals surface area contributed by atoms with Crippen molar-refractivity contribution in [2.75, 3.05) is 0 Å². The van der Waals surface area contributed by atoms with E-state index >= 15 is 0 Å². The summed E-state index contributed by atoms with van der Waals surface area (Å²) >= 11 is 0. The highest BCUT2D eigenvalue weighted by molar-refractivity contribution is 5.92. The molecule has 1 aliphatic carbocycles. The van der Waals surface area contributed by atoms with Crippen molar-refractivity contribution in [1.82, 2.24) is 20.3 Å². The highest BCUT2D eigenvalue weighted by Gasteiger charge is 2.24. The number of carbonyl (C=O) groups is 1. The van der Waals surface area contributed by atoms with Crippen LogP contribution >= 0.6 is 0 Å². The van der Waals surface area contributed by atoms with Crippen LogP contribution in [-0.4, -0.2) is 33.0 Å². The third-order valence-corrected chi connectivity index (χ3v) is 4.19. The molecular weight excluding hydrogens is 304 g/mol. The van der Waals surface area contributed by atoms with Crippen molar-refractivity contribution in [3.05, 3.63) is 47.7 Å². The largest absolute Gasteiger partial charge is 0.474 e. The molecule has 0 bridgehead atoms. The van der Waals surface area contributed by atoms with E-state index in [0.29, 0.717) is 11.6 Å². The molecule has 1 amide bonds. The molecule has 6 nitrogen and oxygen atoms in total. The van der Waals surface area contributed by atoms with Crippen LogP contribution < -0.4 is 10.1 Å². The van der Waals surface area contributed by atoms with Crippen LogP contribution in [-0.2, 0) is 0 Å². The van der Waals surface area contributed by atoms with E-state index in [1.807, 2.05) is 32.2 Å². The van der Waals surface area contributed by atoms with Gasteiger partial charge in [-0.1, -0.05) is 6.07 Å². The van der Waals surface area contributed by atoms with Gasteiger partial charge < -0.3 is 10.1 Å².